The third-order valence-electron chi connectivity index (χ3n) is 9.05. The van der Waals surface area contributed by atoms with Crippen molar-refractivity contribution in [1.29, 1.82) is 0 Å². The fourth-order valence-electron chi connectivity index (χ4n) is 6.15. The average molecular weight is 766 g/mol. The van der Waals surface area contributed by atoms with E-state index in [2.05, 4.69) is 17.3 Å². The number of nitrogens with zero attached hydrogens (tertiary/aromatic N) is 2. The first-order valence-corrected chi connectivity index (χ1v) is 18.4. The molecule has 1 saturated heterocycles. The summed E-state index contributed by atoms with van der Waals surface area (Å²) >= 11 is 15.5. The number of benzene rings is 1. The molecule has 11 nitrogen and oxygen atoms in total. The molecule has 1 fully saturated rings. The van der Waals surface area contributed by atoms with Gasteiger partial charge in [0.05, 0.1) is 27.4 Å². The molecule has 15 heteroatoms. The number of aromatic nitrogens is 1. The van der Waals surface area contributed by atoms with Crippen molar-refractivity contribution in [2.45, 2.75) is 37.3 Å². The van der Waals surface area contributed by atoms with Crippen molar-refractivity contribution in [2.75, 3.05) is 47.6 Å². The lowest BCUT2D eigenvalue weighted by molar-refractivity contribution is -0.904. The Hall–Kier alpha value is -3.43. The molecule has 50 heavy (non-hydrogen) atoms. The fraction of sp³-hybridized carbons (Fsp3) is 0.400. The van der Waals surface area contributed by atoms with Gasteiger partial charge in [-0.3, -0.25) is 10.5 Å². The second kappa shape index (κ2) is 16.7. The van der Waals surface area contributed by atoms with Crippen molar-refractivity contribution >= 4 is 57.8 Å². The lowest BCUT2D eigenvalue weighted by atomic mass is 9.85. The Kier molecular flexibility index (Phi) is 12.6. The Morgan fingerprint density at radius 3 is 2.40 bits per heavy atom. The van der Waals surface area contributed by atoms with Gasteiger partial charge in [-0.2, -0.15) is 0 Å². The van der Waals surface area contributed by atoms with Crippen molar-refractivity contribution in [1.82, 2.24) is 10.2 Å². The number of ether oxygens (including phenoxy) is 3. The number of esters is 1. The van der Waals surface area contributed by atoms with Crippen LogP contribution < -0.4 is 19.5 Å². The molecule has 1 aliphatic rings. The highest BCUT2D eigenvalue weighted by molar-refractivity contribution is 7.14. The van der Waals surface area contributed by atoms with Crippen molar-refractivity contribution in [2.24, 2.45) is 5.92 Å². The summed E-state index contributed by atoms with van der Waals surface area (Å²) in [7, 11) is 5.10. The van der Waals surface area contributed by atoms with Gasteiger partial charge in [0, 0.05) is 32.5 Å². The minimum Gasteiger partial charge on any atom is -0.493 e. The zero-order valence-electron chi connectivity index (χ0n) is 27.9. The SMILES string of the molecule is COc1ccc([C@H](Cc2c(Cl)c[n+](O)cc2Cl)c2cc(CNC(CO)(C(=O)OCC3CCN(C)CC3)c3cccs3)sc2C(=O)O)cc1OC. The number of carbonyl (C=O) groups excluding carboxylic acids is 1. The predicted octanol–water partition coefficient (Wildman–Crippen LogP) is 5.59. The average Bonchev–Trinajstić information content (AvgIpc) is 3.80. The van der Waals surface area contributed by atoms with E-state index in [1.807, 2.05) is 11.4 Å². The number of aromatic carboxylic acids is 1. The first kappa shape index (κ1) is 37.8. The predicted molar refractivity (Wildman–Crippen MR) is 191 cm³/mol. The molecule has 0 saturated carbocycles. The molecule has 1 aliphatic heterocycles. The highest BCUT2D eigenvalue weighted by Gasteiger charge is 2.43. The van der Waals surface area contributed by atoms with E-state index < -0.39 is 30.0 Å². The number of pyridine rings is 1. The summed E-state index contributed by atoms with van der Waals surface area (Å²) in [6.45, 7) is 1.60. The molecule has 2 atom stereocenters. The summed E-state index contributed by atoms with van der Waals surface area (Å²) in [5.74, 6) is -1.13. The number of methoxy groups -OCH3 is 2. The Morgan fingerprint density at radius 1 is 1.10 bits per heavy atom. The summed E-state index contributed by atoms with van der Waals surface area (Å²) in [6, 6.07) is 10.7. The Balaban J connectivity index is 1.50. The van der Waals surface area contributed by atoms with Gasteiger partial charge in [-0.25, -0.2) is 9.59 Å². The molecule has 4 heterocycles. The van der Waals surface area contributed by atoms with Crippen LogP contribution in [0.1, 0.15) is 54.9 Å². The second-order valence-corrected chi connectivity index (χ2v) is 15.1. The van der Waals surface area contributed by atoms with E-state index >= 15 is 0 Å². The lowest BCUT2D eigenvalue weighted by Crippen LogP contribution is -2.52. The van der Waals surface area contributed by atoms with Crippen LogP contribution in [0.25, 0.3) is 0 Å². The van der Waals surface area contributed by atoms with Crippen LogP contribution in [0.5, 0.6) is 11.5 Å². The number of carboxylic acids is 1. The zero-order valence-corrected chi connectivity index (χ0v) is 31.0. The molecule has 4 aromatic rings. The molecule has 0 spiro atoms. The maximum absolute atomic E-state index is 13.8. The van der Waals surface area contributed by atoms with Crippen molar-refractivity contribution in [3.05, 3.63) is 95.5 Å². The summed E-state index contributed by atoms with van der Waals surface area (Å²) in [5.41, 5.74) is 0.136. The van der Waals surface area contributed by atoms with Crippen molar-refractivity contribution < 1.29 is 44.0 Å². The maximum Gasteiger partial charge on any atom is 0.346 e. The molecule has 0 aliphatic carbocycles. The van der Waals surface area contributed by atoms with E-state index in [9.17, 15) is 25.0 Å². The number of likely N-dealkylation sites (tertiary alicyclic amines) is 1. The molecule has 0 radical (unpaired) electrons. The molecule has 3 aromatic heterocycles. The number of aliphatic hydroxyl groups is 1. The standard InChI is InChI=1S/C35H39Cl2N3O8S2/c1-39-10-8-21(9-11-39)19-48-34(44)35(20-41,31-5-4-12-49-31)38-16-23-14-25(32(50-23)33(42)43)24(15-26-27(36)17-40(45)18-28(26)37)22-6-7-29(46-2)30(13-22)47-3/h4-7,12-14,17-18,21,24,38,41H,8-11,15-16,19-20H2,1-3H3,(H-,42,43,45)/p+1/t24-,35?/m0/s1. The molecule has 1 aromatic carbocycles. The Morgan fingerprint density at radius 2 is 1.80 bits per heavy atom. The number of piperidine rings is 1. The number of nitrogens with one attached hydrogen (secondary N) is 1. The number of aliphatic hydroxyl groups excluding tert-OH is 1. The Bertz CT molecular complexity index is 1770. The molecule has 268 valence electrons. The van der Waals surface area contributed by atoms with Crippen LogP contribution in [0.15, 0.2) is 54.2 Å². The van der Waals surface area contributed by atoms with Crippen LogP contribution in [0.3, 0.4) is 0 Å². The number of hydrogen-bond donors (Lipinski definition) is 4. The van der Waals surface area contributed by atoms with Crippen LogP contribution in [-0.2, 0) is 28.0 Å². The van der Waals surface area contributed by atoms with E-state index in [1.54, 1.807) is 30.3 Å². The fourth-order valence-corrected chi connectivity index (χ4v) is 8.64. The summed E-state index contributed by atoms with van der Waals surface area (Å²) in [4.78, 5) is 30.1. The van der Waals surface area contributed by atoms with Gasteiger partial charge < -0.3 is 29.3 Å². The third-order valence-corrected chi connectivity index (χ3v) is 11.9. The Labute approximate surface area is 308 Å². The van der Waals surface area contributed by atoms with Crippen LogP contribution in [0.4, 0.5) is 0 Å². The molecule has 4 N–H and O–H groups in total. The van der Waals surface area contributed by atoms with Gasteiger partial charge >= 0.3 is 11.9 Å². The number of halogens is 2. The van der Waals surface area contributed by atoms with E-state index in [-0.39, 0.29) is 40.4 Å². The monoisotopic (exact) mass is 764 g/mol. The largest absolute Gasteiger partial charge is 0.493 e. The van der Waals surface area contributed by atoms with E-state index in [0.717, 1.165) is 42.0 Å². The quantitative estimate of drug-likeness (QED) is 0.0688. The smallest absolute Gasteiger partial charge is 0.346 e. The minimum absolute atomic E-state index is 0.0583. The van der Waals surface area contributed by atoms with Crippen LogP contribution in [0.2, 0.25) is 10.0 Å². The maximum atomic E-state index is 13.8. The lowest BCUT2D eigenvalue weighted by Gasteiger charge is -2.32. The first-order chi connectivity index (χ1) is 24.0. The highest BCUT2D eigenvalue weighted by atomic mass is 35.5. The summed E-state index contributed by atoms with van der Waals surface area (Å²) < 4.78 is 17.6. The molecular weight excluding hydrogens is 725 g/mol. The summed E-state index contributed by atoms with van der Waals surface area (Å²) in [6.07, 6.45) is 4.62. The number of thiophene rings is 2. The van der Waals surface area contributed by atoms with Gasteiger partial charge in [0.25, 0.3) is 0 Å². The van der Waals surface area contributed by atoms with Gasteiger partial charge in [-0.15, -0.1) is 22.7 Å². The normalized spacial score (nSPS) is 15.7. The molecule has 0 amide bonds. The van der Waals surface area contributed by atoms with E-state index in [0.29, 0.717) is 37.9 Å². The molecule has 0 bridgehead atoms. The van der Waals surface area contributed by atoms with Gasteiger partial charge in [0.2, 0.25) is 12.4 Å². The van der Waals surface area contributed by atoms with Crippen molar-refractivity contribution in [3.8, 4) is 11.5 Å². The number of rotatable bonds is 15. The molecule has 1 unspecified atom stereocenters. The molecule has 5 rings (SSSR count). The third kappa shape index (κ3) is 8.37. The van der Waals surface area contributed by atoms with Gasteiger partial charge in [0.1, 0.15) is 14.9 Å². The van der Waals surface area contributed by atoms with Gasteiger partial charge in [0.15, 0.2) is 17.0 Å². The van der Waals surface area contributed by atoms with Crippen molar-refractivity contribution in [3.63, 3.8) is 0 Å². The zero-order chi connectivity index (χ0) is 36.0. The van der Waals surface area contributed by atoms with Crippen LogP contribution >= 0.6 is 45.9 Å². The van der Waals surface area contributed by atoms with E-state index in [4.69, 9.17) is 37.4 Å². The topological polar surface area (TPSA) is 142 Å². The summed E-state index contributed by atoms with van der Waals surface area (Å²) in [5, 5.41) is 36.6. The number of hydrogen-bond acceptors (Lipinski definition) is 11. The van der Waals surface area contributed by atoms with Gasteiger partial charge in [-0.1, -0.05) is 35.3 Å². The molecular formula is C35H40Cl2N3O8S2+. The second-order valence-electron chi connectivity index (χ2n) is 12.2. The first-order valence-electron chi connectivity index (χ1n) is 15.9. The van der Waals surface area contributed by atoms with Gasteiger partial charge in [-0.05, 0) is 86.1 Å². The highest BCUT2D eigenvalue weighted by Crippen LogP contribution is 2.41. The van der Waals surface area contributed by atoms with E-state index in [1.165, 1.54) is 38.0 Å². The number of carbonyl (C=O) groups is 2. The van der Waals surface area contributed by atoms with Crippen LogP contribution in [0, 0.1) is 5.92 Å². The van der Waals surface area contributed by atoms with Crippen LogP contribution in [-0.4, -0.2) is 79.8 Å². The number of carboxylic acid groups (broad SMARTS) is 1. The minimum atomic E-state index is -1.55.